The van der Waals surface area contributed by atoms with E-state index in [0.29, 0.717) is 0 Å². The summed E-state index contributed by atoms with van der Waals surface area (Å²) in [5.41, 5.74) is 6.31. The molecule has 6 nitrogen and oxygen atoms in total. The van der Waals surface area contributed by atoms with Gasteiger partial charge in [0.15, 0.2) is 0 Å². The first-order valence-corrected chi connectivity index (χ1v) is 8.41. The van der Waals surface area contributed by atoms with E-state index in [1.54, 1.807) is 0 Å². The van der Waals surface area contributed by atoms with Gasteiger partial charge in [0, 0.05) is 6.54 Å². The molecular weight excluding hydrogens is 308 g/mol. The number of sulfonamides is 1. The Balaban J connectivity index is 1.87. The van der Waals surface area contributed by atoms with Crippen LogP contribution in [0, 0.1) is 0 Å². The molecule has 1 aromatic heterocycles. The van der Waals surface area contributed by atoms with Gasteiger partial charge in [-0.2, -0.15) is 0 Å². The maximum atomic E-state index is 12.1. The zero-order chi connectivity index (χ0) is 14.9. The number of rotatable bonds is 4. The van der Waals surface area contributed by atoms with Crippen LogP contribution in [-0.2, 0) is 16.6 Å². The average Bonchev–Trinajstić information content (AvgIpc) is 2.93. The zero-order valence-electron chi connectivity index (χ0n) is 10.9. The molecule has 0 atom stereocenters. The number of hydrogen-bond acceptors (Lipinski definition) is 6. The largest absolute Gasteiger partial charge is 0.374 e. The molecule has 0 saturated heterocycles. The lowest BCUT2D eigenvalue weighted by atomic mass is 10.1. The lowest BCUT2D eigenvalue weighted by molar-refractivity contribution is 0.579. The van der Waals surface area contributed by atoms with E-state index < -0.39 is 10.0 Å². The molecule has 3 rings (SSSR count). The summed E-state index contributed by atoms with van der Waals surface area (Å²) in [7, 11) is -3.69. The molecule has 0 aliphatic carbocycles. The van der Waals surface area contributed by atoms with Crippen LogP contribution in [0.5, 0.6) is 0 Å². The number of benzene rings is 2. The van der Waals surface area contributed by atoms with Gasteiger partial charge in [0.25, 0.3) is 10.0 Å². The summed E-state index contributed by atoms with van der Waals surface area (Å²) in [6.07, 6.45) is 0. The van der Waals surface area contributed by atoms with Crippen molar-refractivity contribution >= 4 is 37.3 Å². The highest BCUT2D eigenvalue weighted by Crippen LogP contribution is 2.20. The van der Waals surface area contributed by atoms with Crippen LogP contribution in [0.3, 0.4) is 0 Å². The van der Waals surface area contributed by atoms with E-state index in [1.807, 2.05) is 42.5 Å². The van der Waals surface area contributed by atoms with E-state index in [-0.39, 0.29) is 16.0 Å². The monoisotopic (exact) mass is 320 g/mol. The first-order chi connectivity index (χ1) is 10.1. The zero-order valence-corrected chi connectivity index (χ0v) is 12.5. The minimum absolute atomic E-state index is 0.125. The number of hydrogen-bond donors (Lipinski definition) is 2. The summed E-state index contributed by atoms with van der Waals surface area (Å²) in [4.78, 5) is 0. The molecule has 3 N–H and O–H groups in total. The Morgan fingerprint density at radius 3 is 2.62 bits per heavy atom. The van der Waals surface area contributed by atoms with E-state index in [0.717, 1.165) is 27.7 Å². The minimum Gasteiger partial charge on any atom is -0.374 e. The van der Waals surface area contributed by atoms with Gasteiger partial charge in [-0.05, 0) is 16.3 Å². The van der Waals surface area contributed by atoms with Crippen LogP contribution in [-0.4, -0.2) is 18.6 Å². The molecule has 0 bridgehead atoms. The highest BCUT2D eigenvalue weighted by Gasteiger charge is 2.19. The van der Waals surface area contributed by atoms with Gasteiger partial charge in [-0.1, -0.05) is 53.8 Å². The van der Waals surface area contributed by atoms with Gasteiger partial charge in [-0.3, -0.25) is 0 Å². The van der Waals surface area contributed by atoms with E-state index in [4.69, 9.17) is 5.73 Å². The smallest absolute Gasteiger partial charge is 0.270 e. The Morgan fingerprint density at radius 2 is 1.86 bits per heavy atom. The molecule has 0 radical (unpaired) electrons. The number of aromatic nitrogens is 2. The van der Waals surface area contributed by atoms with Crippen LogP contribution in [0.1, 0.15) is 5.56 Å². The molecule has 0 aliphatic rings. The van der Waals surface area contributed by atoms with Crippen molar-refractivity contribution in [3.05, 3.63) is 48.0 Å². The van der Waals surface area contributed by atoms with Crippen LogP contribution >= 0.6 is 11.3 Å². The molecule has 0 spiro atoms. The second kappa shape index (κ2) is 5.40. The average molecular weight is 320 g/mol. The Bertz CT molecular complexity index is 885. The van der Waals surface area contributed by atoms with Crippen LogP contribution in [0.4, 0.5) is 5.13 Å². The second-order valence-electron chi connectivity index (χ2n) is 4.37. The van der Waals surface area contributed by atoms with Gasteiger partial charge < -0.3 is 5.73 Å². The van der Waals surface area contributed by atoms with E-state index in [2.05, 4.69) is 14.9 Å². The number of nitrogen functional groups attached to an aromatic ring is 1. The number of nitrogens with zero attached hydrogens (tertiary/aromatic N) is 2. The van der Waals surface area contributed by atoms with Gasteiger partial charge in [0.2, 0.25) is 9.47 Å². The highest BCUT2D eigenvalue weighted by atomic mass is 32.2. The summed E-state index contributed by atoms with van der Waals surface area (Å²) in [6.45, 7) is 0.184. The molecule has 3 aromatic rings. The van der Waals surface area contributed by atoms with E-state index in [9.17, 15) is 8.42 Å². The SMILES string of the molecule is Nc1nnc(S(=O)(=O)NCc2cccc3ccccc23)s1. The van der Waals surface area contributed by atoms with Crippen LogP contribution in [0.15, 0.2) is 46.8 Å². The third-order valence-electron chi connectivity index (χ3n) is 2.98. The fraction of sp³-hybridized carbons (Fsp3) is 0.0769. The molecule has 0 amide bonds. The van der Waals surface area contributed by atoms with Gasteiger partial charge in [0.05, 0.1) is 0 Å². The normalized spacial score (nSPS) is 11.8. The van der Waals surface area contributed by atoms with Crippen molar-refractivity contribution < 1.29 is 8.42 Å². The maximum absolute atomic E-state index is 12.1. The Hall–Kier alpha value is -2.03. The predicted octanol–water partition coefficient (Wildman–Crippen LogP) is 1.75. The van der Waals surface area contributed by atoms with Gasteiger partial charge in [-0.15, -0.1) is 10.2 Å². The van der Waals surface area contributed by atoms with Crippen molar-refractivity contribution in [2.24, 2.45) is 0 Å². The summed E-state index contributed by atoms with van der Waals surface area (Å²) >= 11 is 0.839. The number of anilines is 1. The Labute approximate surface area is 125 Å². The molecule has 108 valence electrons. The molecule has 8 heteroatoms. The van der Waals surface area contributed by atoms with Gasteiger partial charge >= 0.3 is 0 Å². The summed E-state index contributed by atoms with van der Waals surface area (Å²) in [5.74, 6) is 0. The number of nitrogens with one attached hydrogen (secondary N) is 1. The molecule has 0 aliphatic heterocycles. The van der Waals surface area contributed by atoms with Crippen molar-refractivity contribution in [3.8, 4) is 0 Å². The third kappa shape index (κ3) is 2.87. The molecule has 1 heterocycles. The Kier molecular flexibility index (Phi) is 3.58. The van der Waals surface area contributed by atoms with E-state index in [1.165, 1.54) is 0 Å². The molecular formula is C13H12N4O2S2. The molecule has 0 saturated carbocycles. The second-order valence-corrected chi connectivity index (χ2v) is 7.32. The predicted molar refractivity (Wildman–Crippen MR) is 82.3 cm³/mol. The Morgan fingerprint density at radius 1 is 1.10 bits per heavy atom. The highest BCUT2D eigenvalue weighted by molar-refractivity contribution is 7.91. The lowest BCUT2D eigenvalue weighted by Gasteiger charge is -2.07. The van der Waals surface area contributed by atoms with Crippen molar-refractivity contribution in [2.45, 2.75) is 10.9 Å². The standard InChI is InChI=1S/C13H12N4O2S2/c14-12-16-17-13(20-12)21(18,19)15-8-10-6-3-5-9-4-1-2-7-11(9)10/h1-7,15H,8H2,(H2,14,16). The summed E-state index contributed by atoms with van der Waals surface area (Å²) in [6, 6.07) is 13.6. The summed E-state index contributed by atoms with van der Waals surface area (Å²) in [5, 5.41) is 9.27. The van der Waals surface area contributed by atoms with Crippen LogP contribution in [0.25, 0.3) is 10.8 Å². The van der Waals surface area contributed by atoms with Gasteiger partial charge in [0.1, 0.15) is 0 Å². The molecule has 0 unspecified atom stereocenters. The third-order valence-corrected chi connectivity index (χ3v) is 5.51. The first kappa shape index (κ1) is 13.9. The van der Waals surface area contributed by atoms with Crippen molar-refractivity contribution in [2.75, 3.05) is 5.73 Å². The van der Waals surface area contributed by atoms with Crippen LogP contribution < -0.4 is 10.5 Å². The topological polar surface area (TPSA) is 98.0 Å². The molecule has 0 fully saturated rings. The fourth-order valence-electron chi connectivity index (χ4n) is 2.01. The van der Waals surface area contributed by atoms with Crippen molar-refractivity contribution in [3.63, 3.8) is 0 Å². The number of fused-ring (bicyclic) bond motifs is 1. The van der Waals surface area contributed by atoms with Crippen molar-refractivity contribution in [1.29, 1.82) is 0 Å². The van der Waals surface area contributed by atoms with Crippen LogP contribution in [0.2, 0.25) is 0 Å². The first-order valence-electron chi connectivity index (χ1n) is 6.11. The van der Waals surface area contributed by atoms with Crippen molar-refractivity contribution in [1.82, 2.24) is 14.9 Å². The summed E-state index contributed by atoms with van der Waals surface area (Å²) < 4.78 is 26.6. The fourth-order valence-corrected chi connectivity index (χ4v) is 3.84. The number of nitrogens with two attached hydrogens (primary N) is 1. The molecule has 2 aromatic carbocycles. The quantitative estimate of drug-likeness (QED) is 0.763. The lowest BCUT2D eigenvalue weighted by Crippen LogP contribution is -2.23. The van der Waals surface area contributed by atoms with E-state index >= 15 is 0 Å². The molecule has 21 heavy (non-hydrogen) atoms. The maximum Gasteiger partial charge on any atom is 0.270 e. The van der Waals surface area contributed by atoms with Gasteiger partial charge in [-0.25, -0.2) is 13.1 Å². The minimum atomic E-state index is -3.69.